The van der Waals surface area contributed by atoms with Crippen LogP contribution in [0.3, 0.4) is 0 Å². The van der Waals surface area contributed by atoms with E-state index in [-0.39, 0.29) is 5.91 Å². The number of halogens is 1. The number of hydrogen-bond donors (Lipinski definition) is 0. The molecule has 2 heterocycles. The van der Waals surface area contributed by atoms with Gasteiger partial charge in [0.2, 0.25) is 5.91 Å². The predicted octanol–water partition coefficient (Wildman–Crippen LogP) is 5.76. The smallest absolute Gasteiger partial charge is 0.239 e. The van der Waals surface area contributed by atoms with Crippen molar-refractivity contribution in [2.24, 2.45) is 0 Å². The zero-order chi connectivity index (χ0) is 22.3. The summed E-state index contributed by atoms with van der Waals surface area (Å²) in [6.07, 6.45) is 6.26. The van der Waals surface area contributed by atoms with Crippen LogP contribution >= 0.6 is 34.7 Å². The van der Waals surface area contributed by atoms with E-state index in [0.29, 0.717) is 29.1 Å². The van der Waals surface area contributed by atoms with Gasteiger partial charge in [-0.3, -0.25) is 9.69 Å². The molecule has 9 heteroatoms. The number of carbonyl (C=O) groups excluding carboxylic acids is 1. The van der Waals surface area contributed by atoms with Crippen molar-refractivity contribution >= 4 is 56.0 Å². The molecule has 6 nitrogen and oxygen atoms in total. The maximum absolute atomic E-state index is 13.3. The topological polar surface area (TPSA) is 60.2 Å². The van der Waals surface area contributed by atoms with Gasteiger partial charge in [0.1, 0.15) is 11.3 Å². The third-order valence-corrected chi connectivity index (χ3v) is 7.03. The van der Waals surface area contributed by atoms with E-state index in [1.54, 1.807) is 17.4 Å². The standard InChI is InChI=1S/C23H23ClN4O2S2/c1-2-30-19-5-3-6-20-22(19)26-23(32-20)28(13-4-12-27-14-11-25-16-27)21(29)15-31-18-9-7-17(24)8-10-18/h3,5-11,14,16H,2,4,12-13,15H2,1H3. The second-order valence-corrected chi connectivity index (χ2v) is 9.47. The van der Waals surface area contributed by atoms with E-state index in [4.69, 9.17) is 21.3 Å². The first kappa shape index (κ1) is 22.6. The van der Waals surface area contributed by atoms with Gasteiger partial charge in [-0.15, -0.1) is 11.8 Å². The molecule has 0 unspecified atom stereocenters. The van der Waals surface area contributed by atoms with E-state index in [0.717, 1.165) is 33.8 Å². The summed E-state index contributed by atoms with van der Waals surface area (Å²) in [6, 6.07) is 13.4. The highest BCUT2D eigenvalue weighted by molar-refractivity contribution is 8.00. The number of ether oxygens (including phenoxy) is 1. The van der Waals surface area contributed by atoms with Crippen molar-refractivity contribution in [2.75, 3.05) is 23.8 Å². The molecule has 0 bridgehead atoms. The summed E-state index contributed by atoms with van der Waals surface area (Å²) >= 11 is 8.98. The molecule has 166 valence electrons. The Morgan fingerprint density at radius 1 is 1.25 bits per heavy atom. The Labute approximate surface area is 200 Å². The lowest BCUT2D eigenvalue weighted by Gasteiger charge is -2.20. The SMILES string of the molecule is CCOc1cccc2sc(N(CCCn3ccnc3)C(=O)CSc3ccc(Cl)cc3)nc12. The van der Waals surface area contributed by atoms with Gasteiger partial charge in [0.25, 0.3) is 0 Å². The molecule has 32 heavy (non-hydrogen) atoms. The number of thiazole rings is 1. The minimum absolute atomic E-state index is 0.0209. The first-order chi connectivity index (χ1) is 15.6. The van der Waals surface area contributed by atoms with Crippen LogP contribution in [0.2, 0.25) is 5.02 Å². The molecule has 0 aliphatic carbocycles. The maximum atomic E-state index is 13.3. The number of benzene rings is 2. The van der Waals surface area contributed by atoms with Gasteiger partial charge in [0.05, 0.1) is 23.4 Å². The monoisotopic (exact) mass is 486 g/mol. The van der Waals surface area contributed by atoms with Crippen LogP contribution in [0.1, 0.15) is 13.3 Å². The Morgan fingerprint density at radius 2 is 2.09 bits per heavy atom. The molecule has 1 amide bonds. The zero-order valence-electron chi connectivity index (χ0n) is 17.6. The number of aromatic nitrogens is 3. The van der Waals surface area contributed by atoms with Crippen LogP contribution in [-0.4, -0.2) is 39.3 Å². The van der Waals surface area contributed by atoms with Crippen LogP contribution in [0, 0.1) is 0 Å². The summed E-state index contributed by atoms with van der Waals surface area (Å²) in [4.78, 5) is 24.9. The summed E-state index contributed by atoms with van der Waals surface area (Å²) in [5.74, 6) is 1.09. The lowest BCUT2D eigenvalue weighted by molar-refractivity contribution is -0.116. The fraction of sp³-hybridized carbons (Fsp3) is 0.261. The first-order valence-electron chi connectivity index (χ1n) is 10.3. The molecule has 0 fully saturated rings. The van der Waals surface area contributed by atoms with E-state index >= 15 is 0 Å². The summed E-state index contributed by atoms with van der Waals surface area (Å²) < 4.78 is 8.75. The highest BCUT2D eigenvalue weighted by Crippen LogP contribution is 2.35. The van der Waals surface area contributed by atoms with Crippen LogP contribution < -0.4 is 9.64 Å². The van der Waals surface area contributed by atoms with E-state index in [2.05, 4.69) is 4.98 Å². The largest absolute Gasteiger partial charge is 0.492 e. The highest BCUT2D eigenvalue weighted by atomic mass is 35.5. The van der Waals surface area contributed by atoms with Gasteiger partial charge in [0, 0.05) is 35.4 Å². The summed E-state index contributed by atoms with van der Waals surface area (Å²) in [6.45, 7) is 3.87. The fourth-order valence-electron chi connectivity index (χ4n) is 3.21. The lowest BCUT2D eigenvalue weighted by atomic mass is 10.3. The molecule has 2 aromatic carbocycles. The first-order valence-corrected chi connectivity index (χ1v) is 12.5. The van der Waals surface area contributed by atoms with Gasteiger partial charge in [-0.1, -0.05) is 29.0 Å². The number of thioether (sulfide) groups is 1. The summed E-state index contributed by atoms with van der Waals surface area (Å²) in [7, 11) is 0. The Bertz CT molecular complexity index is 1160. The normalized spacial score (nSPS) is 11.1. The zero-order valence-corrected chi connectivity index (χ0v) is 20.0. The molecule has 0 N–H and O–H groups in total. The van der Waals surface area contributed by atoms with Crippen LogP contribution in [0.5, 0.6) is 5.75 Å². The van der Waals surface area contributed by atoms with Crippen LogP contribution in [0.25, 0.3) is 10.2 Å². The minimum atomic E-state index is 0.0209. The van der Waals surface area contributed by atoms with Gasteiger partial charge in [-0.05, 0) is 49.7 Å². The molecule has 0 atom stereocenters. The van der Waals surface area contributed by atoms with E-state index < -0.39 is 0 Å². The quantitative estimate of drug-likeness (QED) is 0.267. The average molecular weight is 487 g/mol. The molecule has 2 aromatic heterocycles. The van der Waals surface area contributed by atoms with Crippen molar-refractivity contribution < 1.29 is 9.53 Å². The van der Waals surface area contributed by atoms with Crippen LogP contribution in [-0.2, 0) is 11.3 Å². The van der Waals surface area contributed by atoms with E-state index in [1.165, 1.54) is 23.1 Å². The maximum Gasteiger partial charge on any atom is 0.239 e. The molecule has 0 aliphatic rings. The molecule has 4 rings (SSSR count). The molecule has 0 saturated carbocycles. The number of para-hydroxylation sites is 1. The average Bonchev–Trinajstić information content (AvgIpc) is 3.47. The number of imidazole rings is 1. The molecule has 0 spiro atoms. The van der Waals surface area contributed by atoms with E-state index in [1.807, 2.05) is 60.2 Å². The van der Waals surface area contributed by atoms with Crippen molar-refractivity contribution in [1.82, 2.24) is 14.5 Å². The van der Waals surface area contributed by atoms with Crippen molar-refractivity contribution in [3.63, 3.8) is 0 Å². The number of hydrogen-bond acceptors (Lipinski definition) is 6. The number of amides is 1. The Kier molecular flexibility index (Phi) is 7.68. The van der Waals surface area contributed by atoms with Crippen molar-refractivity contribution in [2.45, 2.75) is 24.8 Å². The van der Waals surface area contributed by atoms with Crippen molar-refractivity contribution in [3.05, 3.63) is 66.2 Å². The number of carbonyl (C=O) groups is 1. The Hall–Kier alpha value is -2.55. The van der Waals surface area contributed by atoms with Crippen molar-refractivity contribution in [1.29, 1.82) is 0 Å². The van der Waals surface area contributed by atoms with Crippen molar-refractivity contribution in [3.8, 4) is 5.75 Å². The number of anilines is 1. The molecule has 4 aromatic rings. The van der Waals surface area contributed by atoms with Crippen LogP contribution in [0.4, 0.5) is 5.13 Å². The van der Waals surface area contributed by atoms with Gasteiger partial charge >= 0.3 is 0 Å². The fourth-order valence-corrected chi connectivity index (χ4v) is 5.14. The number of aryl methyl sites for hydroxylation is 1. The van der Waals surface area contributed by atoms with Gasteiger partial charge < -0.3 is 9.30 Å². The number of nitrogens with zero attached hydrogens (tertiary/aromatic N) is 4. The van der Waals surface area contributed by atoms with E-state index in [9.17, 15) is 4.79 Å². The molecule has 0 radical (unpaired) electrons. The number of fused-ring (bicyclic) bond motifs is 1. The summed E-state index contributed by atoms with van der Waals surface area (Å²) in [5.41, 5.74) is 0.798. The minimum Gasteiger partial charge on any atom is -0.492 e. The molecule has 0 aliphatic heterocycles. The van der Waals surface area contributed by atoms with Gasteiger partial charge in [-0.2, -0.15) is 0 Å². The highest BCUT2D eigenvalue weighted by Gasteiger charge is 2.21. The Balaban J connectivity index is 1.53. The van der Waals surface area contributed by atoms with Gasteiger partial charge in [-0.25, -0.2) is 9.97 Å². The Morgan fingerprint density at radius 3 is 2.84 bits per heavy atom. The molecular formula is C23H23ClN4O2S2. The predicted molar refractivity (Wildman–Crippen MR) is 132 cm³/mol. The summed E-state index contributed by atoms with van der Waals surface area (Å²) in [5, 5.41) is 1.38. The second-order valence-electron chi connectivity index (χ2n) is 6.97. The third-order valence-electron chi connectivity index (χ3n) is 4.74. The number of rotatable bonds is 10. The third kappa shape index (κ3) is 5.62. The lowest BCUT2D eigenvalue weighted by Crippen LogP contribution is -2.33. The van der Waals surface area contributed by atoms with Gasteiger partial charge in [0.15, 0.2) is 5.13 Å². The van der Waals surface area contributed by atoms with Crippen LogP contribution in [0.15, 0.2) is 66.1 Å². The molecular weight excluding hydrogens is 464 g/mol. The molecule has 0 saturated heterocycles. The second kappa shape index (κ2) is 10.8.